The number of nitrogens with zero attached hydrogens (tertiary/aromatic N) is 3. The summed E-state index contributed by atoms with van der Waals surface area (Å²) in [6.45, 7) is 3.44. The van der Waals surface area contributed by atoms with Crippen molar-refractivity contribution in [2.45, 2.75) is 25.0 Å². The Kier molecular flexibility index (Phi) is 2.76. The maximum Gasteiger partial charge on any atom is 0.212 e. The largest absolute Gasteiger partial charge is 0.481 e. The van der Waals surface area contributed by atoms with E-state index in [9.17, 15) is 0 Å². The predicted octanol–water partition coefficient (Wildman–Crippen LogP) is 0.978. The smallest absolute Gasteiger partial charge is 0.212 e. The number of methoxy groups -OCH3 is 1. The summed E-state index contributed by atoms with van der Waals surface area (Å²) in [4.78, 5) is 9.29. The number of piperidine rings is 1. The molecular formula is C13H19N3O. The Balaban J connectivity index is 1.64. The van der Waals surface area contributed by atoms with Crippen LogP contribution in [0.2, 0.25) is 0 Å². The first-order valence-electron chi connectivity index (χ1n) is 6.19. The number of hydrogen-bond acceptors (Lipinski definition) is 4. The highest BCUT2D eigenvalue weighted by Crippen LogP contribution is 2.32. The van der Waals surface area contributed by atoms with E-state index in [0.29, 0.717) is 5.88 Å². The molecule has 2 aliphatic rings. The Labute approximate surface area is 102 Å². The van der Waals surface area contributed by atoms with Crippen LogP contribution < -0.4 is 4.74 Å². The summed E-state index contributed by atoms with van der Waals surface area (Å²) in [5.41, 5.74) is 1.28. The minimum Gasteiger partial charge on any atom is -0.481 e. The molecule has 3 heterocycles. The molecule has 92 valence electrons. The number of pyridine rings is 1. The average Bonchev–Trinajstić information content (AvgIpc) is 2.36. The van der Waals surface area contributed by atoms with Gasteiger partial charge < -0.3 is 9.64 Å². The number of rotatable bonds is 3. The lowest BCUT2D eigenvalue weighted by Gasteiger charge is -2.55. The number of ether oxygens (including phenoxy) is 1. The Morgan fingerprint density at radius 1 is 1.35 bits per heavy atom. The van der Waals surface area contributed by atoms with Crippen molar-refractivity contribution in [3.8, 4) is 5.88 Å². The van der Waals surface area contributed by atoms with Crippen molar-refractivity contribution in [3.05, 3.63) is 23.9 Å². The van der Waals surface area contributed by atoms with E-state index in [0.717, 1.165) is 18.6 Å². The number of likely N-dealkylation sites (tertiary alicyclic amines) is 2. The van der Waals surface area contributed by atoms with Crippen LogP contribution in [0.3, 0.4) is 0 Å². The SMILES string of the molecule is COc1ccc(CN2C3CC2CN(C)C3)cn1. The first-order valence-corrected chi connectivity index (χ1v) is 6.19. The Hall–Kier alpha value is -1.13. The summed E-state index contributed by atoms with van der Waals surface area (Å²) in [5.74, 6) is 0.692. The minimum atomic E-state index is 0.692. The van der Waals surface area contributed by atoms with Gasteiger partial charge in [-0.2, -0.15) is 0 Å². The highest BCUT2D eigenvalue weighted by atomic mass is 16.5. The van der Waals surface area contributed by atoms with Gasteiger partial charge in [0.2, 0.25) is 5.88 Å². The van der Waals surface area contributed by atoms with Gasteiger partial charge in [0, 0.05) is 44.0 Å². The molecule has 0 amide bonds. The molecule has 2 saturated heterocycles. The Morgan fingerprint density at radius 2 is 2.12 bits per heavy atom. The topological polar surface area (TPSA) is 28.6 Å². The fourth-order valence-electron chi connectivity index (χ4n) is 2.99. The highest BCUT2D eigenvalue weighted by Gasteiger charge is 2.43. The summed E-state index contributed by atoms with van der Waals surface area (Å²) < 4.78 is 5.07. The van der Waals surface area contributed by atoms with Crippen LogP contribution in [0, 0.1) is 0 Å². The van der Waals surface area contributed by atoms with E-state index in [2.05, 4.69) is 27.9 Å². The fourth-order valence-corrected chi connectivity index (χ4v) is 2.99. The van der Waals surface area contributed by atoms with Crippen LogP contribution in [0.5, 0.6) is 5.88 Å². The second-order valence-corrected chi connectivity index (χ2v) is 5.15. The maximum atomic E-state index is 5.07. The quantitative estimate of drug-likeness (QED) is 0.778. The third-order valence-corrected chi connectivity index (χ3v) is 3.90. The zero-order valence-electron chi connectivity index (χ0n) is 10.5. The lowest BCUT2D eigenvalue weighted by molar-refractivity contribution is -0.0668. The molecule has 0 saturated carbocycles. The Morgan fingerprint density at radius 3 is 2.71 bits per heavy atom. The minimum absolute atomic E-state index is 0.692. The molecule has 0 aliphatic carbocycles. The van der Waals surface area contributed by atoms with Crippen LogP contribution in [0.25, 0.3) is 0 Å². The van der Waals surface area contributed by atoms with Crippen LogP contribution >= 0.6 is 0 Å². The van der Waals surface area contributed by atoms with Crippen LogP contribution in [0.4, 0.5) is 0 Å². The van der Waals surface area contributed by atoms with Gasteiger partial charge in [0.05, 0.1) is 7.11 Å². The average molecular weight is 233 g/mol. The first kappa shape index (κ1) is 11.0. The van der Waals surface area contributed by atoms with E-state index in [1.807, 2.05) is 12.3 Å². The molecule has 1 aromatic rings. The van der Waals surface area contributed by atoms with Gasteiger partial charge in [-0.25, -0.2) is 4.98 Å². The molecule has 1 aromatic heterocycles. The van der Waals surface area contributed by atoms with E-state index in [1.54, 1.807) is 7.11 Å². The molecule has 2 atom stereocenters. The number of hydrogen-bond donors (Lipinski definition) is 0. The van der Waals surface area contributed by atoms with Crippen LogP contribution in [0.1, 0.15) is 12.0 Å². The molecule has 2 aliphatic heterocycles. The zero-order chi connectivity index (χ0) is 11.8. The summed E-state index contributed by atoms with van der Waals surface area (Å²) in [6, 6.07) is 5.56. The lowest BCUT2D eigenvalue weighted by Crippen LogP contribution is -2.67. The first-order chi connectivity index (χ1) is 8.26. The van der Waals surface area contributed by atoms with Crippen molar-refractivity contribution in [1.82, 2.24) is 14.8 Å². The second-order valence-electron chi connectivity index (χ2n) is 5.15. The van der Waals surface area contributed by atoms with Gasteiger partial charge in [0.15, 0.2) is 0 Å². The van der Waals surface area contributed by atoms with Gasteiger partial charge in [-0.05, 0) is 19.0 Å². The van der Waals surface area contributed by atoms with E-state index >= 15 is 0 Å². The van der Waals surface area contributed by atoms with Crippen molar-refractivity contribution < 1.29 is 4.74 Å². The molecular weight excluding hydrogens is 214 g/mol. The van der Waals surface area contributed by atoms with Gasteiger partial charge >= 0.3 is 0 Å². The van der Waals surface area contributed by atoms with Gasteiger partial charge in [-0.3, -0.25) is 4.90 Å². The highest BCUT2D eigenvalue weighted by molar-refractivity contribution is 5.18. The molecule has 0 N–H and O–H groups in total. The Bertz CT molecular complexity index is 380. The molecule has 0 spiro atoms. The molecule has 4 nitrogen and oxygen atoms in total. The van der Waals surface area contributed by atoms with Crippen LogP contribution in [0.15, 0.2) is 18.3 Å². The zero-order valence-corrected chi connectivity index (χ0v) is 10.5. The van der Waals surface area contributed by atoms with Crippen LogP contribution in [-0.2, 0) is 6.54 Å². The summed E-state index contributed by atoms with van der Waals surface area (Å²) in [5, 5.41) is 0. The molecule has 0 aromatic carbocycles. The summed E-state index contributed by atoms with van der Waals surface area (Å²) >= 11 is 0. The number of aromatic nitrogens is 1. The second kappa shape index (κ2) is 4.27. The fraction of sp³-hybridized carbons (Fsp3) is 0.615. The van der Waals surface area contributed by atoms with E-state index < -0.39 is 0 Å². The molecule has 2 unspecified atom stereocenters. The van der Waals surface area contributed by atoms with E-state index in [-0.39, 0.29) is 0 Å². The molecule has 17 heavy (non-hydrogen) atoms. The third kappa shape index (κ3) is 2.03. The molecule has 2 bridgehead atoms. The predicted molar refractivity (Wildman–Crippen MR) is 66.0 cm³/mol. The third-order valence-electron chi connectivity index (χ3n) is 3.90. The molecule has 0 radical (unpaired) electrons. The van der Waals surface area contributed by atoms with Crippen molar-refractivity contribution in [3.63, 3.8) is 0 Å². The van der Waals surface area contributed by atoms with Crippen molar-refractivity contribution in [2.24, 2.45) is 0 Å². The number of piperazine rings is 1. The lowest BCUT2D eigenvalue weighted by atomic mass is 9.87. The molecule has 3 rings (SSSR count). The van der Waals surface area contributed by atoms with Gasteiger partial charge in [0.1, 0.15) is 0 Å². The van der Waals surface area contributed by atoms with Crippen LogP contribution in [-0.4, -0.2) is 54.1 Å². The van der Waals surface area contributed by atoms with E-state index in [4.69, 9.17) is 4.74 Å². The standard InChI is InChI=1S/C13H19N3O/c1-15-8-11-5-12(9-15)16(11)7-10-3-4-13(17-2)14-6-10/h3-4,6,11-12H,5,7-9H2,1-2H3. The molecule has 4 heteroatoms. The maximum absolute atomic E-state index is 5.07. The van der Waals surface area contributed by atoms with Gasteiger partial charge in [-0.15, -0.1) is 0 Å². The summed E-state index contributed by atoms with van der Waals surface area (Å²) in [7, 11) is 3.86. The normalized spacial score (nSPS) is 28.8. The van der Waals surface area contributed by atoms with Gasteiger partial charge in [0.25, 0.3) is 0 Å². The van der Waals surface area contributed by atoms with E-state index in [1.165, 1.54) is 25.1 Å². The number of likely N-dealkylation sites (N-methyl/N-ethyl adjacent to an activating group) is 1. The molecule has 2 fully saturated rings. The summed E-state index contributed by atoms with van der Waals surface area (Å²) in [6.07, 6.45) is 3.30. The van der Waals surface area contributed by atoms with Crippen molar-refractivity contribution in [1.29, 1.82) is 0 Å². The monoisotopic (exact) mass is 233 g/mol. The van der Waals surface area contributed by atoms with Crippen molar-refractivity contribution >= 4 is 0 Å². The van der Waals surface area contributed by atoms with Crippen molar-refractivity contribution in [2.75, 3.05) is 27.2 Å². The number of fused-ring (bicyclic) bond motifs is 2. The van der Waals surface area contributed by atoms with Gasteiger partial charge in [-0.1, -0.05) is 6.07 Å².